The van der Waals surface area contributed by atoms with E-state index in [0.717, 1.165) is 11.1 Å². The van der Waals surface area contributed by atoms with E-state index in [9.17, 15) is 9.59 Å². The fourth-order valence-corrected chi connectivity index (χ4v) is 2.93. The number of carbonyl (C=O) groups is 2. The summed E-state index contributed by atoms with van der Waals surface area (Å²) < 4.78 is 4.66. The van der Waals surface area contributed by atoms with E-state index in [-0.39, 0.29) is 36.7 Å². The van der Waals surface area contributed by atoms with Gasteiger partial charge in [-0.3, -0.25) is 9.78 Å². The summed E-state index contributed by atoms with van der Waals surface area (Å²) in [4.78, 5) is 33.6. The highest BCUT2D eigenvalue weighted by atomic mass is 16.5. The molecule has 1 aromatic carbocycles. The number of nitrogens with zero attached hydrogens (tertiary/aromatic N) is 4. The Labute approximate surface area is 150 Å². The first-order valence-electron chi connectivity index (χ1n) is 8.06. The molecular formula is C18H17N5O3. The fraction of sp³-hybridized carbons (Fsp3) is 0.278. The first kappa shape index (κ1) is 17.4. The second-order valence-corrected chi connectivity index (χ2v) is 5.71. The van der Waals surface area contributed by atoms with Crippen molar-refractivity contribution in [1.82, 2.24) is 20.2 Å². The normalized spacial score (nSPS) is 16.1. The first-order chi connectivity index (χ1) is 12.6. The van der Waals surface area contributed by atoms with Gasteiger partial charge in [-0.1, -0.05) is 24.3 Å². The molecule has 1 aromatic heterocycles. The number of aromatic nitrogens is 2. The minimum atomic E-state index is -0.366. The van der Waals surface area contributed by atoms with Crippen molar-refractivity contribution in [2.75, 3.05) is 20.2 Å². The second-order valence-electron chi connectivity index (χ2n) is 5.71. The summed E-state index contributed by atoms with van der Waals surface area (Å²) in [6.07, 6.45) is 3.08. The van der Waals surface area contributed by atoms with Gasteiger partial charge in [0.15, 0.2) is 5.69 Å². The minimum Gasteiger partial charge on any atom is -0.469 e. The van der Waals surface area contributed by atoms with Gasteiger partial charge in [-0.25, -0.2) is 9.78 Å². The fourth-order valence-electron chi connectivity index (χ4n) is 2.93. The van der Waals surface area contributed by atoms with Crippen molar-refractivity contribution in [3.05, 3.63) is 47.9 Å². The van der Waals surface area contributed by atoms with Crippen LogP contribution in [0, 0.1) is 11.3 Å². The molecule has 0 bridgehead atoms. The van der Waals surface area contributed by atoms with Crippen LogP contribution < -0.4 is 5.32 Å². The van der Waals surface area contributed by atoms with Crippen LogP contribution in [0.25, 0.3) is 11.3 Å². The van der Waals surface area contributed by atoms with Crippen LogP contribution in [0.2, 0.25) is 0 Å². The Kier molecular flexibility index (Phi) is 5.08. The van der Waals surface area contributed by atoms with Gasteiger partial charge in [0.05, 0.1) is 37.7 Å². The zero-order valence-corrected chi connectivity index (χ0v) is 14.2. The molecule has 8 heteroatoms. The van der Waals surface area contributed by atoms with Gasteiger partial charge in [-0.15, -0.1) is 0 Å². The van der Waals surface area contributed by atoms with Crippen molar-refractivity contribution in [3.8, 4) is 17.3 Å². The van der Waals surface area contributed by atoms with E-state index in [0.29, 0.717) is 12.2 Å². The summed E-state index contributed by atoms with van der Waals surface area (Å²) in [5.41, 5.74) is 2.58. The van der Waals surface area contributed by atoms with Crippen LogP contribution in [0.4, 0.5) is 4.79 Å². The van der Waals surface area contributed by atoms with Gasteiger partial charge in [0.2, 0.25) is 0 Å². The smallest absolute Gasteiger partial charge is 0.318 e. The number of methoxy groups -OCH3 is 1. The highest BCUT2D eigenvalue weighted by Crippen LogP contribution is 2.32. The largest absolute Gasteiger partial charge is 0.469 e. The number of hydrogen-bond donors (Lipinski definition) is 1. The zero-order chi connectivity index (χ0) is 18.5. The number of esters is 1. The van der Waals surface area contributed by atoms with Gasteiger partial charge in [0, 0.05) is 18.7 Å². The molecule has 8 nitrogen and oxygen atoms in total. The van der Waals surface area contributed by atoms with Crippen LogP contribution in [-0.2, 0) is 9.53 Å². The van der Waals surface area contributed by atoms with E-state index in [2.05, 4.69) is 20.0 Å². The number of ether oxygens (including phenoxy) is 1. The quantitative estimate of drug-likeness (QED) is 0.821. The topological polar surface area (TPSA) is 108 Å². The molecule has 2 amide bonds. The Balaban J connectivity index is 1.91. The average molecular weight is 351 g/mol. The number of rotatable bonds is 5. The predicted octanol–water partition coefficient (Wildman–Crippen LogP) is 1.64. The van der Waals surface area contributed by atoms with Gasteiger partial charge in [-0.2, -0.15) is 5.26 Å². The first-order valence-corrected chi connectivity index (χ1v) is 8.06. The zero-order valence-electron chi connectivity index (χ0n) is 14.2. The molecule has 1 fully saturated rings. The summed E-state index contributed by atoms with van der Waals surface area (Å²) in [5, 5.41) is 11.7. The van der Waals surface area contributed by atoms with E-state index in [1.54, 1.807) is 11.1 Å². The Morgan fingerprint density at radius 1 is 1.38 bits per heavy atom. The molecule has 1 atom stereocenters. The summed E-state index contributed by atoms with van der Waals surface area (Å²) in [6.45, 7) is 0.692. The lowest BCUT2D eigenvalue weighted by molar-refractivity contribution is -0.140. The van der Waals surface area contributed by atoms with Crippen LogP contribution in [0.1, 0.15) is 23.7 Å². The number of carbonyl (C=O) groups excluding carboxylic acids is 2. The lowest BCUT2D eigenvalue weighted by Crippen LogP contribution is -2.32. The average Bonchev–Trinajstić information content (AvgIpc) is 3.06. The molecule has 1 unspecified atom stereocenters. The molecule has 26 heavy (non-hydrogen) atoms. The second kappa shape index (κ2) is 7.61. The molecule has 1 aliphatic heterocycles. The van der Waals surface area contributed by atoms with Gasteiger partial charge in [0.1, 0.15) is 6.07 Å². The predicted molar refractivity (Wildman–Crippen MR) is 91.7 cm³/mol. The number of urea groups is 1. The molecule has 2 heterocycles. The van der Waals surface area contributed by atoms with Gasteiger partial charge < -0.3 is 15.0 Å². The van der Waals surface area contributed by atoms with Crippen LogP contribution in [0.5, 0.6) is 0 Å². The van der Waals surface area contributed by atoms with Gasteiger partial charge >= 0.3 is 12.0 Å². The lowest BCUT2D eigenvalue weighted by atomic mass is 9.97. The van der Waals surface area contributed by atoms with Crippen LogP contribution >= 0.6 is 0 Å². The molecule has 1 N–H and O–H groups in total. The third-order valence-corrected chi connectivity index (χ3v) is 4.23. The molecule has 0 aliphatic carbocycles. The van der Waals surface area contributed by atoms with Crippen molar-refractivity contribution in [1.29, 1.82) is 5.26 Å². The Morgan fingerprint density at radius 3 is 2.88 bits per heavy atom. The molecular weight excluding hydrogens is 334 g/mol. The van der Waals surface area contributed by atoms with E-state index in [1.165, 1.54) is 13.3 Å². The Morgan fingerprint density at radius 2 is 2.19 bits per heavy atom. The van der Waals surface area contributed by atoms with E-state index in [4.69, 9.17) is 5.26 Å². The van der Waals surface area contributed by atoms with E-state index >= 15 is 0 Å². The molecule has 0 radical (unpaired) electrons. The molecule has 132 valence electrons. The SMILES string of the molecule is COC(=O)CCN1C(=O)NCC1c1ccccc1-c1cnc(C#N)cn1. The van der Waals surface area contributed by atoms with E-state index < -0.39 is 0 Å². The van der Waals surface area contributed by atoms with Crippen molar-refractivity contribution >= 4 is 12.0 Å². The number of hydrogen-bond acceptors (Lipinski definition) is 6. The van der Waals surface area contributed by atoms with Crippen LogP contribution in [0.3, 0.4) is 0 Å². The number of nitrogens with one attached hydrogen (secondary N) is 1. The molecule has 0 spiro atoms. The number of nitriles is 1. The Hall–Kier alpha value is -3.47. The third kappa shape index (κ3) is 3.47. The summed E-state index contributed by atoms with van der Waals surface area (Å²) in [5.74, 6) is -0.366. The lowest BCUT2D eigenvalue weighted by Gasteiger charge is -2.24. The van der Waals surface area contributed by atoms with Crippen molar-refractivity contribution < 1.29 is 14.3 Å². The monoisotopic (exact) mass is 351 g/mol. The maximum Gasteiger partial charge on any atom is 0.318 e. The molecule has 1 saturated heterocycles. The van der Waals surface area contributed by atoms with Crippen molar-refractivity contribution in [2.24, 2.45) is 0 Å². The van der Waals surface area contributed by atoms with Crippen LogP contribution in [0.15, 0.2) is 36.7 Å². The molecule has 2 aromatic rings. The highest BCUT2D eigenvalue weighted by molar-refractivity contribution is 5.79. The molecule has 3 rings (SSSR count). The van der Waals surface area contributed by atoms with Gasteiger partial charge in [0.25, 0.3) is 0 Å². The van der Waals surface area contributed by atoms with Crippen molar-refractivity contribution in [3.63, 3.8) is 0 Å². The number of amides is 2. The van der Waals surface area contributed by atoms with E-state index in [1.807, 2.05) is 30.3 Å². The molecule has 0 saturated carbocycles. The summed E-state index contributed by atoms with van der Waals surface area (Å²) in [7, 11) is 1.32. The van der Waals surface area contributed by atoms with Crippen LogP contribution in [-0.4, -0.2) is 47.1 Å². The number of benzene rings is 1. The maximum absolute atomic E-state index is 12.2. The minimum absolute atomic E-state index is 0.124. The third-order valence-electron chi connectivity index (χ3n) is 4.23. The highest BCUT2D eigenvalue weighted by Gasteiger charge is 2.33. The van der Waals surface area contributed by atoms with Gasteiger partial charge in [-0.05, 0) is 5.56 Å². The summed E-state index contributed by atoms with van der Waals surface area (Å²) in [6, 6.07) is 9.06. The standard InChI is InChI=1S/C18H17N5O3/c1-26-17(24)6-7-23-16(11-22-18(23)25)14-5-3-2-4-13(14)15-10-20-12(8-19)9-21-15/h2-5,9-10,16H,6-7,11H2,1H3,(H,22,25). The summed E-state index contributed by atoms with van der Waals surface area (Å²) >= 11 is 0. The van der Waals surface area contributed by atoms with Crippen molar-refractivity contribution in [2.45, 2.75) is 12.5 Å². The Bertz CT molecular complexity index is 860. The maximum atomic E-state index is 12.2. The molecule has 1 aliphatic rings.